The van der Waals surface area contributed by atoms with Gasteiger partial charge in [-0.05, 0) is 43.3 Å². The molecule has 0 radical (unpaired) electrons. The number of amides is 1. The molecule has 0 unspecified atom stereocenters. The maximum atomic E-state index is 12.9. The Morgan fingerprint density at radius 1 is 1.27 bits per heavy atom. The number of nitrogens with one attached hydrogen (secondary N) is 2. The van der Waals surface area contributed by atoms with E-state index in [-0.39, 0.29) is 11.6 Å². The maximum Gasteiger partial charge on any atom is 0.287 e. The second kappa shape index (κ2) is 9.33. The smallest absolute Gasteiger partial charge is 0.287 e. The minimum Gasteiger partial charge on any atom is -0.371 e. The van der Waals surface area contributed by atoms with E-state index in [4.69, 9.17) is 11.6 Å². The number of H-pyrrole nitrogens is 1. The fraction of sp³-hybridized carbons (Fsp3) is 0.217. The van der Waals surface area contributed by atoms with Crippen LogP contribution in [0.1, 0.15) is 17.3 Å². The van der Waals surface area contributed by atoms with Crippen molar-refractivity contribution in [2.75, 3.05) is 29.2 Å². The zero-order valence-electron chi connectivity index (χ0n) is 18.2. The highest BCUT2D eigenvalue weighted by Gasteiger charge is 2.17. The molecule has 0 bridgehead atoms. The average Bonchev–Trinajstić information content (AvgIpc) is 3.40. The summed E-state index contributed by atoms with van der Waals surface area (Å²) in [6, 6.07) is 14.3. The van der Waals surface area contributed by atoms with Crippen LogP contribution in [0.4, 0.5) is 17.1 Å². The molecule has 2 aromatic heterocycles. The number of benzene rings is 2. The van der Waals surface area contributed by atoms with Crippen LogP contribution in [0.3, 0.4) is 0 Å². The molecule has 0 saturated carbocycles. The zero-order valence-corrected chi connectivity index (χ0v) is 19.0. The lowest BCUT2D eigenvalue weighted by Crippen LogP contribution is -2.25. The number of aromatic nitrogens is 3. The number of halogens is 1. The maximum absolute atomic E-state index is 12.9. The summed E-state index contributed by atoms with van der Waals surface area (Å²) >= 11 is 5.89. The number of nitro groups is 1. The molecular weight excluding hydrogens is 444 g/mol. The lowest BCUT2D eigenvalue weighted by Gasteiger charge is -2.22. The van der Waals surface area contributed by atoms with Crippen LogP contribution < -0.4 is 10.2 Å². The van der Waals surface area contributed by atoms with Gasteiger partial charge >= 0.3 is 0 Å². The van der Waals surface area contributed by atoms with Crippen LogP contribution in [0.5, 0.6) is 0 Å². The van der Waals surface area contributed by atoms with Crippen molar-refractivity contribution in [1.29, 1.82) is 0 Å². The number of nitrogens with zero attached hydrogens (tertiary/aromatic N) is 4. The van der Waals surface area contributed by atoms with Crippen molar-refractivity contribution in [3.63, 3.8) is 0 Å². The van der Waals surface area contributed by atoms with Crippen molar-refractivity contribution < 1.29 is 9.72 Å². The van der Waals surface area contributed by atoms with E-state index in [2.05, 4.69) is 27.1 Å². The Labute approximate surface area is 195 Å². The van der Waals surface area contributed by atoms with Gasteiger partial charge in [0.1, 0.15) is 0 Å². The van der Waals surface area contributed by atoms with Crippen molar-refractivity contribution in [3.8, 4) is 11.5 Å². The molecule has 0 saturated heterocycles. The second-order valence-corrected chi connectivity index (χ2v) is 7.92. The molecule has 33 heavy (non-hydrogen) atoms. The molecule has 1 amide bonds. The minimum atomic E-state index is -0.445. The van der Waals surface area contributed by atoms with Gasteiger partial charge in [-0.1, -0.05) is 6.07 Å². The van der Waals surface area contributed by atoms with E-state index < -0.39 is 4.92 Å². The van der Waals surface area contributed by atoms with E-state index in [0.717, 1.165) is 18.8 Å². The van der Waals surface area contributed by atoms with Crippen LogP contribution in [-0.4, -0.2) is 44.3 Å². The molecule has 170 valence electrons. The fourth-order valence-corrected chi connectivity index (χ4v) is 3.91. The Morgan fingerprint density at radius 2 is 2.09 bits per heavy atom. The Hall–Kier alpha value is -3.85. The summed E-state index contributed by atoms with van der Waals surface area (Å²) in [4.78, 5) is 33.3. The number of rotatable bonds is 8. The molecule has 2 aromatic carbocycles. The molecule has 10 heteroatoms. The van der Waals surface area contributed by atoms with Crippen LogP contribution >= 0.6 is 11.6 Å². The number of alkyl halides is 1. The summed E-state index contributed by atoms with van der Waals surface area (Å²) in [5.74, 6) is 0.761. The molecule has 4 rings (SSSR count). The van der Waals surface area contributed by atoms with E-state index in [1.807, 2.05) is 24.3 Å². The quantitative estimate of drug-likeness (QED) is 0.220. The summed E-state index contributed by atoms with van der Waals surface area (Å²) < 4.78 is 1.64. The number of carbonyl (C=O) groups excluding carboxylic acids is 1. The Bertz CT molecular complexity index is 1330. The highest BCUT2D eigenvalue weighted by atomic mass is 35.5. The summed E-state index contributed by atoms with van der Waals surface area (Å²) in [7, 11) is 1.72. The molecule has 0 aliphatic carbocycles. The van der Waals surface area contributed by atoms with Crippen molar-refractivity contribution in [2.45, 2.75) is 6.92 Å². The van der Waals surface area contributed by atoms with Gasteiger partial charge in [-0.25, -0.2) is 4.98 Å². The third kappa shape index (κ3) is 4.68. The molecule has 0 fully saturated rings. The summed E-state index contributed by atoms with van der Waals surface area (Å²) in [5.41, 5.74) is 4.03. The van der Waals surface area contributed by atoms with Crippen molar-refractivity contribution in [1.82, 2.24) is 14.5 Å². The van der Waals surface area contributed by atoms with Crippen LogP contribution in [-0.2, 0) is 7.05 Å². The predicted octanol–water partition coefficient (Wildman–Crippen LogP) is 4.79. The lowest BCUT2D eigenvalue weighted by molar-refractivity contribution is -0.384. The highest BCUT2D eigenvalue weighted by molar-refractivity contribution is 6.18. The van der Waals surface area contributed by atoms with Gasteiger partial charge in [-0.2, -0.15) is 0 Å². The first-order chi connectivity index (χ1) is 15.9. The van der Waals surface area contributed by atoms with Gasteiger partial charge in [-0.3, -0.25) is 14.9 Å². The zero-order chi connectivity index (χ0) is 23.5. The van der Waals surface area contributed by atoms with E-state index in [0.29, 0.717) is 39.7 Å². The number of aromatic amines is 1. The highest BCUT2D eigenvalue weighted by Crippen LogP contribution is 2.26. The third-order valence-corrected chi connectivity index (χ3v) is 5.56. The average molecular weight is 467 g/mol. The summed E-state index contributed by atoms with van der Waals surface area (Å²) in [5, 5.41) is 14.0. The van der Waals surface area contributed by atoms with Crippen LogP contribution in [0.25, 0.3) is 22.6 Å². The number of imidazole rings is 1. The first-order valence-electron chi connectivity index (χ1n) is 10.4. The first kappa shape index (κ1) is 22.3. The first-order valence-corrected chi connectivity index (χ1v) is 11.0. The predicted molar refractivity (Wildman–Crippen MR) is 130 cm³/mol. The third-order valence-electron chi connectivity index (χ3n) is 5.39. The molecule has 4 aromatic rings. The largest absolute Gasteiger partial charge is 0.371 e. The van der Waals surface area contributed by atoms with Gasteiger partial charge in [0, 0.05) is 49.0 Å². The van der Waals surface area contributed by atoms with Crippen LogP contribution in [0, 0.1) is 10.1 Å². The monoisotopic (exact) mass is 466 g/mol. The molecule has 9 nitrogen and oxygen atoms in total. The molecule has 0 aliphatic heterocycles. The van der Waals surface area contributed by atoms with Gasteiger partial charge in [0.25, 0.3) is 11.6 Å². The molecular formula is C23H23ClN6O3. The van der Waals surface area contributed by atoms with Gasteiger partial charge in [-0.15, -0.1) is 11.6 Å². The van der Waals surface area contributed by atoms with Gasteiger partial charge in [0.15, 0.2) is 5.82 Å². The molecule has 2 heterocycles. The van der Waals surface area contributed by atoms with E-state index in [1.54, 1.807) is 29.8 Å². The number of aryl methyl sites for hydroxylation is 1. The standard InChI is InChI=1S/C23H23ClN6O3/c1-3-29(10-9-24)17-6-4-5-16(12-17)25-23(31)15-7-8-19-20(11-15)27-22(26-19)21-13-18(30(32)33)14-28(21)2/h4-8,11-14H,3,9-10H2,1-2H3,(H,25,31)(H,26,27). The number of hydrogen-bond donors (Lipinski definition) is 2. The number of anilines is 2. The summed E-state index contributed by atoms with van der Waals surface area (Å²) in [6.45, 7) is 3.59. The van der Waals surface area contributed by atoms with E-state index in [9.17, 15) is 14.9 Å². The second-order valence-electron chi connectivity index (χ2n) is 7.54. The van der Waals surface area contributed by atoms with Gasteiger partial charge in [0.2, 0.25) is 0 Å². The number of fused-ring (bicyclic) bond motifs is 1. The van der Waals surface area contributed by atoms with E-state index >= 15 is 0 Å². The van der Waals surface area contributed by atoms with E-state index in [1.165, 1.54) is 12.3 Å². The van der Waals surface area contributed by atoms with Crippen molar-refractivity contribution >= 4 is 45.6 Å². The fourth-order valence-electron chi connectivity index (χ4n) is 3.71. The number of hydrogen-bond acceptors (Lipinski definition) is 5. The molecule has 2 N–H and O–H groups in total. The number of carbonyl (C=O) groups is 1. The molecule has 0 aliphatic rings. The Morgan fingerprint density at radius 3 is 2.79 bits per heavy atom. The Kier molecular flexibility index (Phi) is 6.32. The van der Waals surface area contributed by atoms with Gasteiger partial charge < -0.3 is 19.8 Å². The minimum absolute atomic E-state index is 0.0112. The SMILES string of the molecule is CCN(CCCl)c1cccc(NC(=O)c2ccc3nc(-c4cc([N+](=O)[O-])cn4C)[nH]c3c2)c1. The van der Waals surface area contributed by atoms with Crippen LogP contribution in [0.2, 0.25) is 0 Å². The molecule has 0 atom stereocenters. The van der Waals surface area contributed by atoms with Crippen molar-refractivity contribution in [3.05, 3.63) is 70.4 Å². The topological polar surface area (TPSA) is 109 Å². The lowest BCUT2D eigenvalue weighted by atomic mass is 10.1. The Balaban J connectivity index is 1.57. The van der Waals surface area contributed by atoms with Crippen LogP contribution in [0.15, 0.2) is 54.7 Å². The molecule has 0 spiro atoms. The normalized spacial score (nSPS) is 11.0. The summed E-state index contributed by atoms with van der Waals surface area (Å²) in [6.07, 6.45) is 1.43. The van der Waals surface area contributed by atoms with Gasteiger partial charge in [0.05, 0.1) is 27.8 Å². The van der Waals surface area contributed by atoms with Crippen molar-refractivity contribution in [2.24, 2.45) is 7.05 Å².